The van der Waals surface area contributed by atoms with Crippen LogP contribution in [0.3, 0.4) is 0 Å². The number of hydrogen-bond acceptors (Lipinski definition) is 4. The molecule has 5 heteroatoms. The SMILES string of the molecule is COc1ccc(Oc2ncc(CNC(C)C)cc2Cl)cc1. The summed E-state index contributed by atoms with van der Waals surface area (Å²) >= 11 is 6.21. The minimum Gasteiger partial charge on any atom is -0.497 e. The highest BCUT2D eigenvalue weighted by Crippen LogP contribution is 2.28. The number of halogens is 1. The lowest BCUT2D eigenvalue weighted by Gasteiger charge is -2.10. The molecule has 1 aromatic carbocycles. The fourth-order valence-corrected chi connectivity index (χ4v) is 1.94. The van der Waals surface area contributed by atoms with Gasteiger partial charge in [0.05, 0.1) is 7.11 Å². The van der Waals surface area contributed by atoms with E-state index in [1.807, 2.05) is 30.3 Å². The van der Waals surface area contributed by atoms with Crippen molar-refractivity contribution < 1.29 is 9.47 Å². The summed E-state index contributed by atoms with van der Waals surface area (Å²) in [6.45, 7) is 4.92. The quantitative estimate of drug-likeness (QED) is 0.875. The molecule has 2 rings (SSSR count). The molecule has 0 unspecified atom stereocenters. The van der Waals surface area contributed by atoms with Crippen molar-refractivity contribution in [2.45, 2.75) is 26.4 Å². The van der Waals surface area contributed by atoms with Crippen molar-refractivity contribution >= 4 is 11.6 Å². The molecule has 112 valence electrons. The molecule has 0 spiro atoms. The highest BCUT2D eigenvalue weighted by atomic mass is 35.5. The Bertz CT molecular complexity index is 585. The van der Waals surface area contributed by atoms with Crippen LogP contribution in [0.4, 0.5) is 0 Å². The topological polar surface area (TPSA) is 43.4 Å². The molecule has 0 aliphatic heterocycles. The van der Waals surface area contributed by atoms with Gasteiger partial charge in [-0.15, -0.1) is 0 Å². The Kier molecular flexibility index (Phi) is 5.42. The number of methoxy groups -OCH3 is 1. The second-order valence-corrected chi connectivity index (χ2v) is 5.35. The molecular weight excluding hydrogens is 288 g/mol. The molecule has 21 heavy (non-hydrogen) atoms. The number of benzene rings is 1. The summed E-state index contributed by atoms with van der Waals surface area (Å²) in [5.41, 5.74) is 1.02. The third-order valence-electron chi connectivity index (χ3n) is 2.85. The van der Waals surface area contributed by atoms with Crippen molar-refractivity contribution in [2.24, 2.45) is 0 Å². The van der Waals surface area contributed by atoms with Crippen LogP contribution in [-0.2, 0) is 6.54 Å². The van der Waals surface area contributed by atoms with Crippen molar-refractivity contribution in [3.8, 4) is 17.4 Å². The molecule has 0 bridgehead atoms. The van der Waals surface area contributed by atoms with Crippen molar-refractivity contribution in [2.75, 3.05) is 7.11 Å². The maximum Gasteiger partial charge on any atom is 0.238 e. The molecule has 1 aromatic heterocycles. The van der Waals surface area contributed by atoms with Crippen molar-refractivity contribution in [1.82, 2.24) is 10.3 Å². The Labute approximate surface area is 130 Å². The Morgan fingerprint density at radius 3 is 2.43 bits per heavy atom. The second-order valence-electron chi connectivity index (χ2n) is 4.94. The predicted molar refractivity (Wildman–Crippen MR) is 84.3 cm³/mol. The van der Waals surface area contributed by atoms with Crippen LogP contribution in [0.2, 0.25) is 5.02 Å². The lowest BCUT2D eigenvalue weighted by Crippen LogP contribution is -2.21. The first-order valence-electron chi connectivity index (χ1n) is 6.78. The Balaban J connectivity index is 2.06. The van der Waals surface area contributed by atoms with E-state index in [0.717, 1.165) is 17.9 Å². The number of nitrogens with one attached hydrogen (secondary N) is 1. The zero-order valence-electron chi connectivity index (χ0n) is 12.4. The van der Waals surface area contributed by atoms with Gasteiger partial charge in [0.2, 0.25) is 5.88 Å². The minimum atomic E-state index is 0.398. The molecule has 0 saturated heterocycles. The van der Waals surface area contributed by atoms with Crippen LogP contribution in [0.15, 0.2) is 36.5 Å². The van der Waals surface area contributed by atoms with Crippen molar-refractivity contribution in [3.05, 3.63) is 47.1 Å². The van der Waals surface area contributed by atoms with Gasteiger partial charge in [0.1, 0.15) is 16.5 Å². The highest BCUT2D eigenvalue weighted by molar-refractivity contribution is 6.31. The largest absolute Gasteiger partial charge is 0.497 e. The second kappa shape index (κ2) is 7.29. The first-order chi connectivity index (χ1) is 10.1. The molecule has 0 radical (unpaired) electrons. The lowest BCUT2D eigenvalue weighted by molar-refractivity contribution is 0.412. The molecule has 0 saturated carbocycles. The van der Waals surface area contributed by atoms with Gasteiger partial charge in [-0.25, -0.2) is 4.98 Å². The zero-order chi connectivity index (χ0) is 15.2. The molecule has 0 amide bonds. The van der Waals surface area contributed by atoms with Crippen molar-refractivity contribution in [1.29, 1.82) is 0 Å². The van der Waals surface area contributed by atoms with Crippen LogP contribution in [0.1, 0.15) is 19.4 Å². The number of nitrogens with zero attached hydrogens (tertiary/aromatic N) is 1. The maximum absolute atomic E-state index is 6.21. The van der Waals surface area contributed by atoms with Gasteiger partial charge in [0, 0.05) is 18.8 Å². The molecule has 4 nitrogen and oxygen atoms in total. The summed E-state index contributed by atoms with van der Waals surface area (Å²) < 4.78 is 10.8. The van der Waals surface area contributed by atoms with Gasteiger partial charge in [-0.05, 0) is 35.9 Å². The van der Waals surface area contributed by atoms with Crippen molar-refractivity contribution in [3.63, 3.8) is 0 Å². The van der Waals surface area contributed by atoms with E-state index in [-0.39, 0.29) is 0 Å². The minimum absolute atomic E-state index is 0.398. The fourth-order valence-electron chi connectivity index (χ4n) is 1.71. The average molecular weight is 307 g/mol. The number of hydrogen-bond donors (Lipinski definition) is 1. The standard InChI is InChI=1S/C16H19ClN2O2/c1-11(2)18-9-12-8-15(17)16(19-10-12)21-14-6-4-13(20-3)5-7-14/h4-8,10-11,18H,9H2,1-3H3. The average Bonchev–Trinajstić information content (AvgIpc) is 2.48. The Hall–Kier alpha value is -1.78. The van der Waals surface area contributed by atoms with E-state index in [9.17, 15) is 0 Å². The molecule has 0 atom stereocenters. The summed E-state index contributed by atoms with van der Waals surface area (Å²) in [7, 11) is 1.62. The summed E-state index contributed by atoms with van der Waals surface area (Å²) in [5.74, 6) is 1.84. The third kappa shape index (κ3) is 4.62. The molecule has 1 heterocycles. The van der Waals surface area contributed by atoms with Crippen LogP contribution in [0.25, 0.3) is 0 Å². The van der Waals surface area contributed by atoms with Crippen LogP contribution in [0.5, 0.6) is 17.4 Å². The van der Waals surface area contributed by atoms with Gasteiger partial charge in [-0.1, -0.05) is 25.4 Å². The van der Waals surface area contributed by atoms with E-state index in [1.54, 1.807) is 13.3 Å². The highest BCUT2D eigenvalue weighted by Gasteiger charge is 2.07. The third-order valence-corrected chi connectivity index (χ3v) is 3.12. The number of ether oxygens (including phenoxy) is 2. The first kappa shape index (κ1) is 15.6. The summed E-state index contributed by atoms with van der Waals surface area (Å²) in [4.78, 5) is 4.27. The molecule has 0 aliphatic rings. The molecule has 1 N–H and O–H groups in total. The van der Waals surface area contributed by atoms with Gasteiger partial charge in [-0.3, -0.25) is 0 Å². The number of aromatic nitrogens is 1. The van der Waals surface area contributed by atoms with E-state index < -0.39 is 0 Å². The molecule has 2 aromatic rings. The monoisotopic (exact) mass is 306 g/mol. The lowest BCUT2D eigenvalue weighted by atomic mass is 10.2. The summed E-state index contributed by atoms with van der Waals surface area (Å²) in [6.07, 6.45) is 1.76. The van der Waals surface area contributed by atoms with E-state index in [4.69, 9.17) is 21.1 Å². The fraction of sp³-hybridized carbons (Fsp3) is 0.312. The van der Waals surface area contributed by atoms with E-state index in [0.29, 0.717) is 22.7 Å². The normalized spacial score (nSPS) is 10.7. The van der Waals surface area contributed by atoms with Crippen LogP contribution >= 0.6 is 11.6 Å². The van der Waals surface area contributed by atoms with E-state index in [2.05, 4.69) is 24.1 Å². The van der Waals surface area contributed by atoms with E-state index in [1.165, 1.54) is 0 Å². The van der Waals surface area contributed by atoms with Gasteiger partial charge < -0.3 is 14.8 Å². The summed E-state index contributed by atoms with van der Waals surface area (Å²) in [5, 5.41) is 3.81. The molecular formula is C16H19ClN2O2. The molecule has 0 fully saturated rings. The van der Waals surface area contributed by atoms with Gasteiger partial charge in [0.25, 0.3) is 0 Å². The molecule has 0 aliphatic carbocycles. The van der Waals surface area contributed by atoms with Gasteiger partial charge >= 0.3 is 0 Å². The number of rotatable bonds is 6. The maximum atomic E-state index is 6.21. The van der Waals surface area contributed by atoms with Gasteiger partial charge in [0.15, 0.2) is 0 Å². The van der Waals surface area contributed by atoms with Crippen LogP contribution in [-0.4, -0.2) is 18.1 Å². The predicted octanol–water partition coefficient (Wildman–Crippen LogP) is 4.03. The Morgan fingerprint density at radius 1 is 1.19 bits per heavy atom. The first-order valence-corrected chi connectivity index (χ1v) is 7.16. The van der Waals surface area contributed by atoms with E-state index >= 15 is 0 Å². The Morgan fingerprint density at radius 2 is 1.86 bits per heavy atom. The summed E-state index contributed by atoms with van der Waals surface area (Å²) in [6, 6.07) is 9.55. The van der Waals surface area contributed by atoms with Crippen LogP contribution < -0.4 is 14.8 Å². The van der Waals surface area contributed by atoms with Gasteiger partial charge in [-0.2, -0.15) is 0 Å². The zero-order valence-corrected chi connectivity index (χ0v) is 13.1. The van der Waals surface area contributed by atoms with Crippen LogP contribution in [0, 0.1) is 0 Å². The number of pyridine rings is 1. The smallest absolute Gasteiger partial charge is 0.238 e.